The zero-order valence-corrected chi connectivity index (χ0v) is 14.5. The van der Waals surface area contributed by atoms with Crippen LogP contribution in [0, 0.1) is 0 Å². The van der Waals surface area contributed by atoms with Crippen molar-refractivity contribution in [2.75, 3.05) is 5.32 Å². The number of nitrogens with zero attached hydrogens (tertiary/aromatic N) is 1. The molecule has 2 aromatic rings. The monoisotopic (exact) mass is 326 g/mol. The Morgan fingerprint density at radius 2 is 1.62 bits per heavy atom. The first-order valence-corrected chi connectivity index (χ1v) is 8.10. The summed E-state index contributed by atoms with van der Waals surface area (Å²) >= 11 is 0. The molecule has 1 fully saturated rings. The molecule has 126 valence electrons. The molecular weight excluding hydrogens is 303 g/mol. The van der Waals surface area contributed by atoms with Crippen LogP contribution < -0.4 is 10.8 Å². The highest BCUT2D eigenvalue weighted by atomic mass is 16.7. The van der Waals surface area contributed by atoms with E-state index in [0.29, 0.717) is 5.82 Å². The van der Waals surface area contributed by atoms with Crippen LogP contribution in [0.3, 0.4) is 0 Å². The highest BCUT2D eigenvalue weighted by molar-refractivity contribution is 6.62. The maximum atomic E-state index is 10.3. The summed E-state index contributed by atoms with van der Waals surface area (Å²) in [6.07, 6.45) is 0.850. The van der Waals surface area contributed by atoms with Crippen molar-refractivity contribution in [3.05, 3.63) is 54.2 Å². The summed E-state index contributed by atoms with van der Waals surface area (Å²) in [5.41, 5.74) is 0.954. The number of pyridine rings is 1. The summed E-state index contributed by atoms with van der Waals surface area (Å²) in [5.74, 6) is 0.625. The van der Waals surface area contributed by atoms with Gasteiger partial charge in [-0.15, -0.1) is 0 Å². The zero-order valence-electron chi connectivity index (χ0n) is 14.5. The van der Waals surface area contributed by atoms with Gasteiger partial charge in [-0.25, -0.2) is 4.98 Å². The largest absolute Gasteiger partial charge is 0.494 e. The number of aliphatic hydroxyl groups is 1. The third-order valence-corrected chi connectivity index (χ3v) is 4.73. The van der Waals surface area contributed by atoms with Crippen LogP contribution in [0.25, 0.3) is 0 Å². The van der Waals surface area contributed by atoms with Crippen molar-refractivity contribution < 1.29 is 14.4 Å². The number of nitrogens with one attached hydrogen (secondary N) is 1. The van der Waals surface area contributed by atoms with Crippen LogP contribution in [0.4, 0.5) is 5.82 Å². The normalized spacial score (nSPS) is 20.0. The molecule has 0 aliphatic carbocycles. The molecule has 1 aliphatic heterocycles. The van der Waals surface area contributed by atoms with Gasteiger partial charge in [0.15, 0.2) is 6.23 Å². The number of aromatic nitrogens is 1. The maximum absolute atomic E-state index is 10.3. The molecule has 2 heterocycles. The lowest BCUT2D eigenvalue weighted by Crippen LogP contribution is -2.41. The van der Waals surface area contributed by atoms with Gasteiger partial charge in [0.25, 0.3) is 0 Å². The van der Waals surface area contributed by atoms with E-state index in [-0.39, 0.29) is 11.2 Å². The van der Waals surface area contributed by atoms with Crippen molar-refractivity contribution in [3.8, 4) is 0 Å². The van der Waals surface area contributed by atoms with Gasteiger partial charge in [0.1, 0.15) is 5.82 Å². The Bertz CT molecular complexity index is 673. The Balaban J connectivity index is 1.70. The average molecular weight is 326 g/mol. The minimum atomic E-state index is -0.827. The van der Waals surface area contributed by atoms with Crippen LogP contribution in [0.5, 0.6) is 0 Å². The summed E-state index contributed by atoms with van der Waals surface area (Å²) in [5, 5.41) is 13.2. The van der Waals surface area contributed by atoms with Gasteiger partial charge in [0.2, 0.25) is 0 Å². The first kappa shape index (κ1) is 17.0. The molecule has 0 radical (unpaired) electrons. The lowest BCUT2D eigenvalue weighted by molar-refractivity contribution is 0.00578. The molecule has 1 aromatic carbocycles. The van der Waals surface area contributed by atoms with Gasteiger partial charge in [-0.05, 0) is 45.3 Å². The summed E-state index contributed by atoms with van der Waals surface area (Å²) in [4.78, 5) is 4.15. The third kappa shape index (κ3) is 3.31. The predicted octanol–water partition coefficient (Wildman–Crippen LogP) is 2.48. The topological polar surface area (TPSA) is 63.6 Å². The van der Waals surface area contributed by atoms with E-state index in [9.17, 15) is 5.11 Å². The Kier molecular flexibility index (Phi) is 4.38. The fraction of sp³-hybridized carbons (Fsp3) is 0.389. The number of hydrogen-bond donors (Lipinski definition) is 2. The fourth-order valence-corrected chi connectivity index (χ4v) is 2.49. The lowest BCUT2D eigenvalue weighted by Gasteiger charge is -2.32. The summed E-state index contributed by atoms with van der Waals surface area (Å²) in [6.45, 7) is 8.12. The smallest absolute Gasteiger partial charge is 0.399 e. The molecule has 0 unspecified atom stereocenters. The SMILES string of the molecule is CC1(C)OB(c2ccc([C@@H](O)Nc3ccccn3)cc2)OC1(C)C. The minimum absolute atomic E-state index is 0.365. The molecule has 6 heteroatoms. The van der Waals surface area contributed by atoms with E-state index in [2.05, 4.69) is 10.3 Å². The number of aliphatic hydroxyl groups excluding tert-OH is 1. The Hall–Kier alpha value is -1.89. The Labute approximate surface area is 143 Å². The summed E-state index contributed by atoms with van der Waals surface area (Å²) < 4.78 is 12.1. The third-order valence-electron chi connectivity index (χ3n) is 4.73. The van der Waals surface area contributed by atoms with Gasteiger partial charge >= 0.3 is 7.12 Å². The van der Waals surface area contributed by atoms with Crippen LogP contribution >= 0.6 is 0 Å². The van der Waals surface area contributed by atoms with Crippen molar-refractivity contribution in [2.24, 2.45) is 0 Å². The summed E-state index contributed by atoms with van der Waals surface area (Å²) in [6, 6.07) is 13.1. The minimum Gasteiger partial charge on any atom is -0.399 e. The molecule has 5 nitrogen and oxygen atoms in total. The lowest BCUT2D eigenvalue weighted by atomic mass is 9.79. The van der Waals surface area contributed by atoms with Gasteiger partial charge in [-0.3, -0.25) is 0 Å². The van der Waals surface area contributed by atoms with Crippen molar-refractivity contribution in [2.45, 2.75) is 45.1 Å². The van der Waals surface area contributed by atoms with Crippen LogP contribution in [-0.2, 0) is 9.31 Å². The van der Waals surface area contributed by atoms with E-state index in [0.717, 1.165) is 11.0 Å². The molecular formula is C18H23BN2O3. The number of hydrogen-bond acceptors (Lipinski definition) is 5. The van der Waals surface area contributed by atoms with E-state index < -0.39 is 13.3 Å². The van der Waals surface area contributed by atoms with Crippen LogP contribution in [0.1, 0.15) is 39.5 Å². The molecule has 1 aliphatic rings. The average Bonchev–Trinajstić information content (AvgIpc) is 2.76. The van der Waals surface area contributed by atoms with Crippen molar-refractivity contribution >= 4 is 18.4 Å². The molecule has 0 amide bonds. The van der Waals surface area contributed by atoms with Gasteiger partial charge in [0, 0.05) is 11.8 Å². The van der Waals surface area contributed by atoms with Crippen LogP contribution in [0.15, 0.2) is 48.7 Å². The first-order valence-electron chi connectivity index (χ1n) is 8.10. The summed E-state index contributed by atoms with van der Waals surface area (Å²) in [7, 11) is -0.398. The molecule has 1 atom stereocenters. The van der Waals surface area contributed by atoms with E-state index in [1.54, 1.807) is 6.20 Å². The molecule has 0 saturated carbocycles. The number of rotatable bonds is 4. The van der Waals surface area contributed by atoms with Crippen LogP contribution in [0.2, 0.25) is 0 Å². The van der Waals surface area contributed by atoms with Crippen molar-refractivity contribution in [1.82, 2.24) is 4.98 Å². The second-order valence-electron chi connectivity index (χ2n) is 7.02. The standard InChI is InChI=1S/C18H23BN2O3/c1-17(2)18(3,4)24-19(23-17)14-10-8-13(9-11-14)16(22)21-15-7-5-6-12-20-15/h5-12,16,22H,1-4H3,(H,20,21)/t16-/m1/s1. The van der Waals surface area contributed by atoms with E-state index in [1.807, 2.05) is 70.2 Å². The highest BCUT2D eigenvalue weighted by Crippen LogP contribution is 2.36. The molecule has 2 N–H and O–H groups in total. The predicted molar refractivity (Wildman–Crippen MR) is 95.0 cm³/mol. The number of benzene rings is 1. The molecule has 3 rings (SSSR count). The van der Waals surface area contributed by atoms with Crippen molar-refractivity contribution in [3.63, 3.8) is 0 Å². The zero-order chi connectivity index (χ0) is 17.4. The van der Waals surface area contributed by atoms with Gasteiger partial charge in [-0.2, -0.15) is 0 Å². The second-order valence-corrected chi connectivity index (χ2v) is 7.02. The molecule has 1 aromatic heterocycles. The van der Waals surface area contributed by atoms with Crippen molar-refractivity contribution in [1.29, 1.82) is 0 Å². The Morgan fingerprint density at radius 3 is 2.17 bits per heavy atom. The Morgan fingerprint density at radius 1 is 1.00 bits per heavy atom. The van der Waals surface area contributed by atoms with Gasteiger partial charge < -0.3 is 19.7 Å². The van der Waals surface area contributed by atoms with E-state index in [1.165, 1.54) is 0 Å². The molecule has 1 saturated heterocycles. The highest BCUT2D eigenvalue weighted by Gasteiger charge is 2.51. The van der Waals surface area contributed by atoms with E-state index >= 15 is 0 Å². The molecule has 0 bridgehead atoms. The van der Waals surface area contributed by atoms with Gasteiger partial charge in [0.05, 0.1) is 11.2 Å². The van der Waals surface area contributed by atoms with Gasteiger partial charge in [-0.1, -0.05) is 30.3 Å². The number of anilines is 1. The molecule has 24 heavy (non-hydrogen) atoms. The van der Waals surface area contributed by atoms with Crippen LogP contribution in [-0.4, -0.2) is 28.4 Å². The second kappa shape index (κ2) is 6.20. The quantitative estimate of drug-likeness (QED) is 0.668. The first-order chi connectivity index (χ1) is 11.3. The van der Waals surface area contributed by atoms with E-state index in [4.69, 9.17) is 9.31 Å². The fourth-order valence-electron chi connectivity index (χ4n) is 2.49. The molecule has 0 spiro atoms. The maximum Gasteiger partial charge on any atom is 0.494 e.